The van der Waals surface area contributed by atoms with Gasteiger partial charge < -0.3 is 4.74 Å². The molecule has 0 radical (unpaired) electrons. The smallest absolute Gasteiger partial charge is 0.164 e. The fourth-order valence-electron chi connectivity index (χ4n) is 9.08. The first-order chi connectivity index (χ1) is 31.5. The Kier molecular flexibility index (Phi) is 9.82. The highest BCUT2D eigenvalue weighted by atomic mass is 16.5. The van der Waals surface area contributed by atoms with Crippen molar-refractivity contribution < 1.29 is 4.74 Å². The first-order valence-corrected chi connectivity index (χ1v) is 21.8. The van der Waals surface area contributed by atoms with E-state index in [2.05, 4.69) is 172 Å². The van der Waals surface area contributed by atoms with Crippen molar-refractivity contribution >= 4 is 0 Å². The quantitative estimate of drug-likeness (QED) is 0.153. The molecule has 304 valence electrons. The molecular formula is C60H43N3O. The minimum absolute atomic E-state index is 0.223. The average Bonchev–Trinajstić information content (AvgIpc) is 3.37. The lowest BCUT2D eigenvalue weighted by Crippen LogP contribution is -2.24. The second kappa shape index (κ2) is 16.2. The molecule has 0 unspecified atom stereocenters. The van der Waals surface area contributed by atoms with Gasteiger partial charge >= 0.3 is 0 Å². The van der Waals surface area contributed by atoms with Crippen LogP contribution in [0.25, 0.3) is 89.8 Å². The number of para-hydroxylation sites is 1. The number of benzene rings is 9. The van der Waals surface area contributed by atoms with Crippen LogP contribution in [-0.4, -0.2) is 15.0 Å². The molecule has 0 spiro atoms. The molecule has 4 heteroatoms. The third-order valence-corrected chi connectivity index (χ3v) is 12.4. The van der Waals surface area contributed by atoms with E-state index in [4.69, 9.17) is 19.7 Å². The number of aromatic nitrogens is 3. The summed E-state index contributed by atoms with van der Waals surface area (Å²) in [5, 5.41) is 0. The van der Waals surface area contributed by atoms with E-state index < -0.39 is 0 Å². The summed E-state index contributed by atoms with van der Waals surface area (Å²) in [4.78, 5) is 15.4. The molecule has 0 amide bonds. The molecule has 1 aromatic heterocycles. The summed E-state index contributed by atoms with van der Waals surface area (Å²) in [5.41, 5.74) is 16.2. The van der Waals surface area contributed by atoms with Gasteiger partial charge in [0, 0.05) is 33.2 Å². The molecule has 4 nitrogen and oxygen atoms in total. The van der Waals surface area contributed by atoms with E-state index >= 15 is 0 Å². The van der Waals surface area contributed by atoms with Crippen molar-refractivity contribution in [1.29, 1.82) is 0 Å². The van der Waals surface area contributed by atoms with E-state index in [0.717, 1.165) is 83.8 Å². The zero-order valence-electron chi connectivity index (χ0n) is 35.6. The van der Waals surface area contributed by atoms with Gasteiger partial charge in [0.2, 0.25) is 0 Å². The Balaban J connectivity index is 1.07. The number of rotatable bonds is 8. The fourth-order valence-corrected chi connectivity index (χ4v) is 9.08. The molecule has 0 atom stereocenters. The van der Waals surface area contributed by atoms with Crippen LogP contribution in [0, 0.1) is 0 Å². The van der Waals surface area contributed by atoms with Gasteiger partial charge in [0.1, 0.15) is 11.5 Å². The van der Waals surface area contributed by atoms with E-state index in [1.54, 1.807) is 0 Å². The molecule has 1 aliphatic rings. The number of ether oxygens (including phenoxy) is 1. The molecule has 11 rings (SSSR count). The van der Waals surface area contributed by atoms with Crippen LogP contribution >= 0.6 is 0 Å². The number of hydrogen-bond donors (Lipinski definition) is 0. The lowest BCUT2D eigenvalue weighted by Gasteiger charge is -2.34. The van der Waals surface area contributed by atoms with Crippen molar-refractivity contribution in [2.45, 2.75) is 19.3 Å². The molecule has 0 fully saturated rings. The standard InChI is InChI=1S/C60H43N3O/c1-60(2)53-31-16-17-32-55(53)64-56-34-33-45(39-54(56)60)51-29-14-13-28-50(51)44-26-18-25-43(35-44)46-36-47(52-30-15-12-27-49(52)40-19-6-3-7-20-40)38-48(37-46)59-62-57(41-21-8-4-9-22-41)61-58(63-59)42-23-10-5-11-24-42/h3-39H,1-2H3. The Hall–Kier alpha value is -8.21. The van der Waals surface area contributed by atoms with Crippen molar-refractivity contribution in [2.24, 2.45) is 0 Å². The highest BCUT2D eigenvalue weighted by Gasteiger charge is 2.34. The van der Waals surface area contributed by atoms with Gasteiger partial charge in [0.15, 0.2) is 17.5 Å². The third-order valence-electron chi connectivity index (χ3n) is 12.4. The minimum atomic E-state index is -0.223. The lowest BCUT2D eigenvalue weighted by atomic mass is 9.75. The third kappa shape index (κ3) is 7.25. The Morgan fingerprint density at radius 3 is 1.31 bits per heavy atom. The monoisotopic (exact) mass is 821 g/mol. The Bertz CT molecular complexity index is 3270. The maximum Gasteiger partial charge on any atom is 0.164 e. The molecule has 2 heterocycles. The van der Waals surface area contributed by atoms with Crippen LogP contribution in [-0.2, 0) is 5.41 Å². The number of hydrogen-bond acceptors (Lipinski definition) is 4. The highest BCUT2D eigenvalue weighted by Crippen LogP contribution is 2.49. The molecule has 0 bridgehead atoms. The average molecular weight is 822 g/mol. The van der Waals surface area contributed by atoms with Crippen molar-refractivity contribution in [2.75, 3.05) is 0 Å². The normalized spacial score (nSPS) is 12.5. The largest absolute Gasteiger partial charge is 0.457 e. The van der Waals surface area contributed by atoms with Gasteiger partial charge in [0.25, 0.3) is 0 Å². The maximum absolute atomic E-state index is 6.44. The summed E-state index contributed by atoms with van der Waals surface area (Å²) < 4.78 is 6.44. The van der Waals surface area contributed by atoms with Gasteiger partial charge in [0.05, 0.1) is 0 Å². The molecule has 64 heavy (non-hydrogen) atoms. The number of fused-ring (bicyclic) bond motifs is 2. The zero-order chi connectivity index (χ0) is 43.0. The van der Waals surface area contributed by atoms with Gasteiger partial charge in [-0.1, -0.05) is 196 Å². The summed E-state index contributed by atoms with van der Waals surface area (Å²) in [5.74, 6) is 3.68. The molecule has 0 N–H and O–H groups in total. The predicted molar refractivity (Wildman–Crippen MR) is 262 cm³/mol. The maximum atomic E-state index is 6.44. The van der Waals surface area contributed by atoms with Crippen LogP contribution in [0.4, 0.5) is 0 Å². The second-order valence-corrected chi connectivity index (χ2v) is 16.8. The summed E-state index contributed by atoms with van der Waals surface area (Å²) in [6.07, 6.45) is 0. The summed E-state index contributed by atoms with van der Waals surface area (Å²) >= 11 is 0. The van der Waals surface area contributed by atoms with Crippen molar-refractivity contribution in [1.82, 2.24) is 15.0 Å². The topological polar surface area (TPSA) is 47.9 Å². The summed E-state index contributed by atoms with van der Waals surface area (Å²) in [6, 6.07) is 78.9. The molecule has 1 aliphatic heterocycles. The van der Waals surface area contributed by atoms with E-state index in [-0.39, 0.29) is 5.41 Å². The predicted octanol–water partition coefficient (Wildman–Crippen LogP) is 15.6. The van der Waals surface area contributed by atoms with Crippen LogP contribution in [0.3, 0.4) is 0 Å². The van der Waals surface area contributed by atoms with E-state index in [1.165, 1.54) is 11.1 Å². The Morgan fingerprint density at radius 2 is 0.688 bits per heavy atom. The first kappa shape index (κ1) is 38.7. The van der Waals surface area contributed by atoms with Crippen LogP contribution in [0.5, 0.6) is 11.5 Å². The van der Waals surface area contributed by atoms with E-state index in [1.807, 2.05) is 66.7 Å². The van der Waals surface area contributed by atoms with E-state index in [0.29, 0.717) is 17.5 Å². The molecule has 10 aromatic rings. The van der Waals surface area contributed by atoms with Gasteiger partial charge in [-0.3, -0.25) is 0 Å². The Morgan fingerprint density at radius 1 is 0.281 bits per heavy atom. The van der Waals surface area contributed by atoms with Crippen molar-refractivity contribution in [3.8, 4) is 101 Å². The summed E-state index contributed by atoms with van der Waals surface area (Å²) in [7, 11) is 0. The molecule has 9 aromatic carbocycles. The van der Waals surface area contributed by atoms with E-state index in [9.17, 15) is 0 Å². The second-order valence-electron chi connectivity index (χ2n) is 16.8. The van der Waals surface area contributed by atoms with Gasteiger partial charge in [-0.25, -0.2) is 15.0 Å². The molecular weight excluding hydrogens is 779 g/mol. The van der Waals surface area contributed by atoms with Crippen molar-refractivity contribution in [3.05, 3.63) is 236 Å². The van der Waals surface area contributed by atoms with Crippen LogP contribution in [0.1, 0.15) is 25.0 Å². The van der Waals surface area contributed by atoms with Gasteiger partial charge in [-0.2, -0.15) is 0 Å². The fraction of sp³-hybridized carbons (Fsp3) is 0.0500. The van der Waals surface area contributed by atoms with Crippen LogP contribution in [0.15, 0.2) is 224 Å². The van der Waals surface area contributed by atoms with Crippen LogP contribution < -0.4 is 4.74 Å². The SMILES string of the molecule is CC1(C)c2ccccc2Oc2ccc(-c3ccccc3-c3cccc(-c4cc(-c5nc(-c6ccccc6)nc(-c6ccccc6)n5)cc(-c5ccccc5-c5ccccc5)c4)c3)cc21. The molecule has 0 aliphatic carbocycles. The molecule has 0 saturated heterocycles. The minimum Gasteiger partial charge on any atom is -0.457 e. The first-order valence-electron chi connectivity index (χ1n) is 21.8. The van der Waals surface area contributed by atoms with Crippen LogP contribution in [0.2, 0.25) is 0 Å². The lowest BCUT2D eigenvalue weighted by molar-refractivity contribution is 0.418. The van der Waals surface area contributed by atoms with Gasteiger partial charge in [-0.15, -0.1) is 0 Å². The molecule has 0 saturated carbocycles. The summed E-state index contributed by atoms with van der Waals surface area (Å²) in [6.45, 7) is 4.57. The van der Waals surface area contributed by atoms with Gasteiger partial charge in [-0.05, 0) is 98.1 Å². The Labute approximate surface area is 374 Å². The van der Waals surface area contributed by atoms with Crippen molar-refractivity contribution in [3.63, 3.8) is 0 Å². The number of nitrogens with zero attached hydrogens (tertiary/aromatic N) is 3. The highest BCUT2D eigenvalue weighted by molar-refractivity contribution is 5.90. The zero-order valence-corrected chi connectivity index (χ0v) is 35.6.